The highest BCUT2D eigenvalue weighted by molar-refractivity contribution is 5.49. The van der Waals surface area contributed by atoms with Crippen LogP contribution in [0, 0.1) is 17.5 Å². The van der Waals surface area contributed by atoms with Crippen LogP contribution in [0.5, 0.6) is 0 Å². The van der Waals surface area contributed by atoms with Crippen molar-refractivity contribution in [3.63, 3.8) is 0 Å². The third-order valence-corrected chi connectivity index (χ3v) is 3.69. The van der Waals surface area contributed by atoms with Crippen LogP contribution in [-0.4, -0.2) is 25.2 Å². The van der Waals surface area contributed by atoms with Crippen molar-refractivity contribution in [3.05, 3.63) is 29.6 Å². The first-order valence-corrected chi connectivity index (χ1v) is 6.68. The summed E-state index contributed by atoms with van der Waals surface area (Å²) in [5.41, 5.74) is 0.154. The number of nitrogens with one attached hydrogen (secondary N) is 1. The molecule has 0 spiro atoms. The molecule has 106 valence electrons. The Bertz CT molecular complexity index is 451. The zero-order chi connectivity index (χ0) is 14.0. The average Bonchev–Trinajstić information content (AvgIpc) is 2.38. The fraction of sp³-hybridized carbons (Fsp3) is 0.571. The van der Waals surface area contributed by atoms with Gasteiger partial charge < -0.3 is 10.2 Å². The topological polar surface area (TPSA) is 15.3 Å². The molecule has 1 aliphatic heterocycles. The lowest BCUT2D eigenvalue weighted by molar-refractivity contribution is 0.368. The molecule has 1 aliphatic rings. The van der Waals surface area contributed by atoms with E-state index in [1.54, 1.807) is 0 Å². The van der Waals surface area contributed by atoms with E-state index in [0.717, 1.165) is 25.5 Å². The number of piperidine rings is 1. The molecule has 0 amide bonds. The molecule has 2 nitrogen and oxygen atoms in total. The molecule has 2 unspecified atom stereocenters. The van der Waals surface area contributed by atoms with Gasteiger partial charge in [0.05, 0.1) is 5.69 Å². The Morgan fingerprint density at radius 3 is 2.63 bits per heavy atom. The van der Waals surface area contributed by atoms with E-state index in [1.165, 1.54) is 6.07 Å². The zero-order valence-electron chi connectivity index (χ0n) is 11.2. The van der Waals surface area contributed by atoms with Crippen LogP contribution >= 0.6 is 0 Å². The van der Waals surface area contributed by atoms with Crippen LogP contribution in [0.25, 0.3) is 0 Å². The monoisotopic (exact) mass is 272 g/mol. The number of anilines is 1. The maximum absolute atomic E-state index is 13.8. The molecule has 0 saturated carbocycles. The van der Waals surface area contributed by atoms with E-state index in [-0.39, 0.29) is 11.7 Å². The largest absolute Gasteiger partial charge is 0.366 e. The quantitative estimate of drug-likeness (QED) is 0.851. The van der Waals surface area contributed by atoms with Crippen molar-refractivity contribution in [1.29, 1.82) is 0 Å². The first kappa shape index (κ1) is 14.2. The van der Waals surface area contributed by atoms with Crippen molar-refractivity contribution < 1.29 is 13.2 Å². The van der Waals surface area contributed by atoms with Gasteiger partial charge in [-0.25, -0.2) is 13.2 Å². The third-order valence-electron chi connectivity index (χ3n) is 3.69. The highest BCUT2D eigenvalue weighted by Crippen LogP contribution is 2.29. The Morgan fingerprint density at radius 2 is 2.00 bits per heavy atom. The highest BCUT2D eigenvalue weighted by Gasteiger charge is 2.28. The first-order chi connectivity index (χ1) is 9.04. The Kier molecular flexibility index (Phi) is 4.34. The smallest absolute Gasteiger partial charge is 0.196 e. The second-order valence-corrected chi connectivity index (χ2v) is 5.02. The van der Waals surface area contributed by atoms with Gasteiger partial charge in [0.2, 0.25) is 0 Å². The summed E-state index contributed by atoms with van der Waals surface area (Å²) < 4.78 is 40.0. The second-order valence-electron chi connectivity index (χ2n) is 5.02. The minimum absolute atomic E-state index is 0.0946. The van der Waals surface area contributed by atoms with E-state index in [1.807, 2.05) is 18.7 Å². The summed E-state index contributed by atoms with van der Waals surface area (Å²) in [6.45, 7) is 5.56. The molecule has 0 bridgehead atoms. The summed E-state index contributed by atoms with van der Waals surface area (Å²) in [5, 5.41) is 3.37. The zero-order valence-corrected chi connectivity index (χ0v) is 11.2. The van der Waals surface area contributed by atoms with Crippen LogP contribution in [-0.2, 0) is 0 Å². The number of rotatable bonds is 3. The van der Waals surface area contributed by atoms with Gasteiger partial charge >= 0.3 is 0 Å². The summed E-state index contributed by atoms with van der Waals surface area (Å²) in [5.74, 6) is -3.62. The normalized spacial score (nSPS) is 23.7. The number of nitrogens with zero attached hydrogens (tertiary/aromatic N) is 1. The molecule has 1 saturated heterocycles. The van der Waals surface area contributed by atoms with Crippen molar-refractivity contribution in [1.82, 2.24) is 5.32 Å². The van der Waals surface area contributed by atoms with Crippen LogP contribution in [0.3, 0.4) is 0 Å². The van der Waals surface area contributed by atoms with Crippen molar-refractivity contribution in [2.24, 2.45) is 0 Å². The predicted molar refractivity (Wildman–Crippen MR) is 69.8 cm³/mol. The summed E-state index contributed by atoms with van der Waals surface area (Å²) >= 11 is 0. The summed E-state index contributed by atoms with van der Waals surface area (Å²) in [6.07, 6.45) is 1.74. The van der Waals surface area contributed by atoms with Crippen LogP contribution in [0.2, 0.25) is 0 Å². The Labute approximate surface area is 111 Å². The third kappa shape index (κ3) is 2.86. The SMILES string of the molecule is CCNC1CCN(c2ccc(F)c(F)c2F)C(C)C1. The molecule has 1 aromatic carbocycles. The van der Waals surface area contributed by atoms with E-state index >= 15 is 0 Å². The van der Waals surface area contributed by atoms with Gasteiger partial charge in [0.25, 0.3) is 0 Å². The van der Waals surface area contributed by atoms with Gasteiger partial charge in [-0.15, -0.1) is 0 Å². The fourth-order valence-corrected chi connectivity index (χ4v) is 2.74. The van der Waals surface area contributed by atoms with Gasteiger partial charge in [-0.05, 0) is 38.4 Å². The molecule has 1 N–H and O–H groups in total. The second kappa shape index (κ2) is 5.82. The van der Waals surface area contributed by atoms with E-state index in [2.05, 4.69) is 5.32 Å². The number of halogens is 3. The maximum atomic E-state index is 13.8. The summed E-state index contributed by atoms with van der Waals surface area (Å²) in [7, 11) is 0. The van der Waals surface area contributed by atoms with Gasteiger partial charge in [-0.3, -0.25) is 0 Å². The highest BCUT2D eigenvalue weighted by atomic mass is 19.2. The van der Waals surface area contributed by atoms with Crippen molar-refractivity contribution in [2.75, 3.05) is 18.0 Å². The van der Waals surface area contributed by atoms with Crippen LogP contribution < -0.4 is 10.2 Å². The summed E-state index contributed by atoms with van der Waals surface area (Å²) in [4.78, 5) is 1.81. The van der Waals surface area contributed by atoms with Crippen LogP contribution in [0.1, 0.15) is 26.7 Å². The molecular weight excluding hydrogens is 253 g/mol. The van der Waals surface area contributed by atoms with Crippen LogP contribution in [0.15, 0.2) is 12.1 Å². The van der Waals surface area contributed by atoms with Gasteiger partial charge in [0.1, 0.15) is 0 Å². The molecule has 0 aromatic heterocycles. The van der Waals surface area contributed by atoms with E-state index in [9.17, 15) is 13.2 Å². The van der Waals surface area contributed by atoms with Gasteiger partial charge in [0.15, 0.2) is 17.5 Å². The molecule has 1 aromatic rings. The van der Waals surface area contributed by atoms with Crippen molar-refractivity contribution in [2.45, 2.75) is 38.8 Å². The number of hydrogen-bond donors (Lipinski definition) is 1. The summed E-state index contributed by atoms with van der Waals surface area (Å²) in [6, 6.07) is 2.80. The number of benzene rings is 1. The molecule has 2 atom stereocenters. The molecule has 5 heteroatoms. The Balaban J connectivity index is 2.17. The van der Waals surface area contributed by atoms with E-state index in [4.69, 9.17) is 0 Å². The number of hydrogen-bond acceptors (Lipinski definition) is 2. The van der Waals surface area contributed by atoms with Crippen LogP contribution in [0.4, 0.5) is 18.9 Å². The standard InChI is InChI=1S/C14H19F3N2/c1-3-18-10-6-7-19(9(2)8-10)12-5-4-11(15)13(16)14(12)17/h4-5,9-10,18H,3,6-8H2,1-2H3. The average molecular weight is 272 g/mol. The Hall–Kier alpha value is -1.23. The lowest BCUT2D eigenvalue weighted by atomic mass is 9.97. The van der Waals surface area contributed by atoms with Gasteiger partial charge in [-0.2, -0.15) is 0 Å². The lowest BCUT2D eigenvalue weighted by Crippen LogP contribution is -2.47. The van der Waals surface area contributed by atoms with Gasteiger partial charge in [0, 0.05) is 18.6 Å². The molecule has 1 heterocycles. The molecule has 2 rings (SSSR count). The Morgan fingerprint density at radius 1 is 1.26 bits per heavy atom. The molecular formula is C14H19F3N2. The predicted octanol–water partition coefficient (Wildman–Crippen LogP) is 3.07. The van der Waals surface area contributed by atoms with E-state index < -0.39 is 17.5 Å². The maximum Gasteiger partial charge on any atom is 0.196 e. The minimum Gasteiger partial charge on any atom is -0.366 e. The molecule has 0 aliphatic carbocycles. The molecule has 0 radical (unpaired) electrons. The van der Waals surface area contributed by atoms with E-state index in [0.29, 0.717) is 12.6 Å². The first-order valence-electron chi connectivity index (χ1n) is 6.68. The fourth-order valence-electron chi connectivity index (χ4n) is 2.74. The van der Waals surface area contributed by atoms with Crippen molar-refractivity contribution >= 4 is 5.69 Å². The van der Waals surface area contributed by atoms with Gasteiger partial charge in [-0.1, -0.05) is 6.92 Å². The minimum atomic E-state index is -1.39. The molecule has 19 heavy (non-hydrogen) atoms. The lowest BCUT2D eigenvalue weighted by Gasteiger charge is -2.39. The van der Waals surface area contributed by atoms with Crippen molar-refractivity contribution in [3.8, 4) is 0 Å². The molecule has 1 fully saturated rings.